The zero-order valence-corrected chi connectivity index (χ0v) is 15.0. The highest BCUT2D eigenvalue weighted by Gasteiger charge is 2.30. The minimum absolute atomic E-state index is 0.0563. The number of nitrogens with one attached hydrogen (secondary N) is 1. The van der Waals surface area contributed by atoms with Gasteiger partial charge in [-0.05, 0) is 49.1 Å². The number of aromatic nitrogens is 1. The molecule has 1 aromatic carbocycles. The highest BCUT2D eigenvalue weighted by Crippen LogP contribution is 2.21. The fraction of sp³-hybridized carbons (Fsp3) is 0.333. The summed E-state index contributed by atoms with van der Waals surface area (Å²) in [5, 5.41) is 9.89. The first-order chi connectivity index (χ1) is 11.9. The number of phenolic OH excluding ortho intramolecular Hbond substituents is 1. The molecule has 0 spiro atoms. The lowest BCUT2D eigenvalue weighted by atomic mass is 10.0. The van der Waals surface area contributed by atoms with E-state index in [1.54, 1.807) is 24.4 Å². The molecule has 7 heteroatoms. The highest BCUT2D eigenvalue weighted by molar-refractivity contribution is 8.05. The van der Waals surface area contributed by atoms with Crippen molar-refractivity contribution < 1.29 is 13.5 Å². The van der Waals surface area contributed by atoms with Crippen LogP contribution in [-0.2, 0) is 23.0 Å². The van der Waals surface area contributed by atoms with Crippen LogP contribution in [0.3, 0.4) is 0 Å². The number of aliphatic imine (C=N–C) groups is 1. The van der Waals surface area contributed by atoms with E-state index in [2.05, 4.69) is 14.7 Å². The summed E-state index contributed by atoms with van der Waals surface area (Å²) in [7, 11) is -3.73. The van der Waals surface area contributed by atoms with Crippen molar-refractivity contribution in [3.63, 3.8) is 0 Å². The molecule has 1 aromatic heterocycles. The third kappa shape index (κ3) is 3.72. The molecule has 0 aliphatic carbocycles. The summed E-state index contributed by atoms with van der Waals surface area (Å²) in [6, 6.07) is 8.57. The van der Waals surface area contributed by atoms with Gasteiger partial charge in [0.25, 0.3) is 10.0 Å². The summed E-state index contributed by atoms with van der Waals surface area (Å²) in [6.07, 6.45) is 2.76. The van der Waals surface area contributed by atoms with E-state index in [4.69, 9.17) is 0 Å². The van der Waals surface area contributed by atoms with Gasteiger partial charge in [0.2, 0.25) is 0 Å². The van der Waals surface area contributed by atoms with Crippen LogP contribution in [0.4, 0.5) is 0 Å². The molecule has 1 aliphatic rings. The number of rotatable bonds is 5. The Kier molecular flexibility index (Phi) is 4.87. The Hall–Kier alpha value is -2.25. The van der Waals surface area contributed by atoms with E-state index in [0.29, 0.717) is 24.1 Å². The second-order valence-corrected chi connectivity index (χ2v) is 7.80. The molecule has 25 heavy (non-hydrogen) atoms. The van der Waals surface area contributed by atoms with Gasteiger partial charge in [-0.15, -0.1) is 0 Å². The Morgan fingerprint density at radius 2 is 2.12 bits per heavy atom. The second-order valence-electron chi connectivity index (χ2n) is 6.17. The predicted octanol–water partition coefficient (Wildman–Crippen LogP) is 2.30. The maximum Gasteiger partial charge on any atom is 0.258 e. The third-order valence-electron chi connectivity index (χ3n) is 4.32. The SMILES string of the molecule is CCC(Cc1ccc(C)c(O)c1)NS(=O)(=O)C1=NCc2ncccc21. The van der Waals surface area contributed by atoms with Crippen molar-refractivity contribution in [3.05, 3.63) is 58.9 Å². The van der Waals surface area contributed by atoms with E-state index in [1.165, 1.54) is 0 Å². The summed E-state index contributed by atoms with van der Waals surface area (Å²) in [6.45, 7) is 4.03. The predicted molar refractivity (Wildman–Crippen MR) is 97.2 cm³/mol. The lowest BCUT2D eigenvalue weighted by Gasteiger charge is -2.18. The number of sulfonamides is 1. The van der Waals surface area contributed by atoms with Crippen molar-refractivity contribution in [2.45, 2.75) is 39.3 Å². The minimum Gasteiger partial charge on any atom is -0.508 e. The number of pyridine rings is 1. The smallest absolute Gasteiger partial charge is 0.258 e. The largest absolute Gasteiger partial charge is 0.508 e. The average molecular weight is 359 g/mol. The molecule has 0 saturated heterocycles. The number of hydrogen-bond acceptors (Lipinski definition) is 5. The number of hydrogen-bond donors (Lipinski definition) is 2. The maximum atomic E-state index is 12.8. The van der Waals surface area contributed by atoms with Gasteiger partial charge < -0.3 is 5.11 Å². The van der Waals surface area contributed by atoms with Gasteiger partial charge in [-0.3, -0.25) is 9.98 Å². The van der Waals surface area contributed by atoms with Crippen LogP contribution in [0.1, 0.15) is 35.7 Å². The van der Waals surface area contributed by atoms with Gasteiger partial charge in [0.1, 0.15) is 5.75 Å². The molecule has 1 atom stereocenters. The van der Waals surface area contributed by atoms with E-state index >= 15 is 0 Å². The third-order valence-corrected chi connectivity index (χ3v) is 5.82. The van der Waals surface area contributed by atoms with Crippen LogP contribution in [0.2, 0.25) is 0 Å². The van der Waals surface area contributed by atoms with Crippen LogP contribution in [0.5, 0.6) is 5.75 Å². The normalized spacial score (nSPS) is 14.9. The Labute approximate surface area is 147 Å². The van der Waals surface area contributed by atoms with E-state index < -0.39 is 10.0 Å². The molecule has 0 fully saturated rings. The quantitative estimate of drug-likeness (QED) is 0.857. The van der Waals surface area contributed by atoms with Crippen LogP contribution >= 0.6 is 0 Å². The lowest BCUT2D eigenvalue weighted by molar-refractivity contribution is 0.469. The highest BCUT2D eigenvalue weighted by atomic mass is 32.2. The molecule has 1 unspecified atom stereocenters. The standard InChI is InChI=1S/C18H21N3O3S/c1-3-14(9-13-7-6-12(2)17(22)10-13)21-25(23,24)18-15-5-4-8-19-16(15)11-20-18/h4-8,10,14,21-22H,3,9,11H2,1-2H3. The van der Waals surface area contributed by atoms with Crippen LogP contribution in [-0.4, -0.2) is 29.6 Å². The van der Waals surface area contributed by atoms with E-state index in [-0.39, 0.29) is 23.4 Å². The summed E-state index contributed by atoms with van der Waals surface area (Å²) in [4.78, 5) is 8.33. The second kappa shape index (κ2) is 6.93. The number of nitrogens with zero attached hydrogens (tertiary/aromatic N) is 2. The van der Waals surface area contributed by atoms with Crippen molar-refractivity contribution in [1.82, 2.24) is 9.71 Å². The molecule has 2 aromatic rings. The lowest BCUT2D eigenvalue weighted by Crippen LogP contribution is -2.39. The molecule has 2 N–H and O–H groups in total. The maximum absolute atomic E-state index is 12.8. The fourth-order valence-electron chi connectivity index (χ4n) is 2.83. The monoisotopic (exact) mass is 359 g/mol. The Balaban J connectivity index is 1.78. The van der Waals surface area contributed by atoms with Gasteiger partial charge in [-0.25, -0.2) is 13.1 Å². The van der Waals surface area contributed by atoms with Crippen molar-refractivity contribution in [2.24, 2.45) is 4.99 Å². The Bertz CT molecular complexity index is 923. The van der Waals surface area contributed by atoms with Crippen LogP contribution in [0.15, 0.2) is 41.5 Å². The van der Waals surface area contributed by atoms with Crippen LogP contribution in [0.25, 0.3) is 0 Å². The Morgan fingerprint density at radius 3 is 2.84 bits per heavy atom. The molecule has 1 aliphatic heterocycles. The van der Waals surface area contributed by atoms with Gasteiger partial charge in [0.05, 0.1) is 12.2 Å². The molecular weight excluding hydrogens is 338 g/mol. The average Bonchev–Trinajstić information content (AvgIpc) is 3.02. The minimum atomic E-state index is -3.73. The number of aromatic hydroxyl groups is 1. The molecule has 3 rings (SSSR count). The number of aryl methyl sites for hydroxylation is 1. The molecule has 2 heterocycles. The van der Waals surface area contributed by atoms with E-state index in [1.807, 2.05) is 26.0 Å². The molecule has 0 bridgehead atoms. The van der Waals surface area contributed by atoms with Gasteiger partial charge in [0.15, 0.2) is 5.04 Å². The summed E-state index contributed by atoms with van der Waals surface area (Å²) in [5.74, 6) is 0.218. The summed E-state index contributed by atoms with van der Waals surface area (Å²) >= 11 is 0. The van der Waals surface area contributed by atoms with Crippen LogP contribution in [0, 0.1) is 6.92 Å². The number of phenols is 1. The summed E-state index contributed by atoms with van der Waals surface area (Å²) in [5.41, 5.74) is 2.92. The zero-order chi connectivity index (χ0) is 18.0. The molecule has 132 valence electrons. The van der Waals surface area contributed by atoms with E-state index in [0.717, 1.165) is 11.1 Å². The van der Waals surface area contributed by atoms with Gasteiger partial charge in [-0.1, -0.05) is 19.1 Å². The first-order valence-electron chi connectivity index (χ1n) is 8.20. The van der Waals surface area contributed by atoms with E-state index in [9.17, 15) is 13.5 Å². The molecule has 0 amide bonds. The molecule has 0 radical (unpaired) electrons. The first-order valence-corrected chi connectivity index (χ1v) is 9.68. The van der Waals surface area contributed by atoms with Gasteiger partial charge in [-0.2, -0.15) is 0 Å². The number of benzene rings is 1. The topological polar surface area (TPSA) is 91.7 Å². The van der Waals surface area contributed by atoms with Gasteiger partial charge in [0, 0.05) is 17.8 Å². The summed E-state index contributed by atoms with van der Waals surface area (Å²) < 4.78 is 28.3. The Morgan fingerprint density at radius 1 is 1.32 bits per heavy atom. The first kappa shape index (κ1) is 17.6. The molecular formula is C18H21N3O3S. The molecule has 6 nitrogen and oxygen atoms in total. The zero-order valence-electron chi connectivity index (χ0n) is 14.2. The van der Waals surface area contributed by atoms with Gasteiger partial charge >= 0.3 is 0 Å². The van der Waals surface area contributed by atoms with Crippen molar-refractivity contribution in [3.8, 4) is 5.75 Å². The molecule has 0 saturated carbocycles. The van der Waals surface area contributed by atoms with Crippen molar-refractivity contribution in [1.29, 1.82) is 0 Å². The number of fused-ring (bicyclic) bond motifs is 1. The fourth-order valence-corrected chi connectivity index (χ4v) is 4.34. The van der Waals surface area contributed by atoms with Crippen LogP contribution < -0.4 is 4.72 Å². The van der Waals surface area contributed by atoms with Crippen molar-refractivity contribution >= 4 is 15.1 Å². The van der Waals surface area contributed by atoms with Crippen molar-refractivity contribution in [2.75, 3.05) is 0 Å².